The Labute approximate surface area is 218 Å². The van der Waals surface area contributed by atoms with Crippen molar-refractivity contribution >= 4 is 23.0 Å². The Morgan fingerprint density at radius 1 is 0.946 bits per heavy atom. The number of carbonyl (C=O) groups is 1. The van der Waals surface area contributed by atoms with Crippen LogP contribution in [0.2, 0.25) is 0 Å². The lowest BCUT2D eigenvalue weighted by atomic mass is 9.98. The molecule has 2 fully saturated rings. The van der Waals surface area contributed by atoms with E-state index in [0.29, 0.717) is 42.5 Å². The number of rotatable bonds is 6. The summed E-state index contributed by atoms with van der Waals surface area (Å²) in [5.41, 5.74) is 4.23. The smallest absolute Gasteiger partial charge is 0.253 e. The number of piperazine rings is 1. The van der Waals surface area contributed by atoms with Crippen LogP contribution >= 0.6 is 0 Å². The van der Waals surface area contributed by atoms with Crippen LogP contribution in [0.5, 0.6) is 0 Å². The minimum atomic E-state index is -0.431. The number of hydrogen-bond donors (Lipinski definition) is 1. The number of benzene rings is 2. The van der Waals surface area contributed by atoms with Gasteiger partial charge in [0.25, 0.3) is 16.8 Å². The van der Waals surface area contributed by atoms with Crippen molar-refractivity contribution in [2.24, 2.45) is 5.92 Å². The van der Waals surface area contributed by atoms with Gasteiger partial charge in [-0.1, -0.05) is 31.2 Å². The Hall–Kier alpha value is -3.61. The summed E-state index contributed by atoms with van der Waals surface area (Å²) in [7, 11) is 0. The SMILES string of the molecule is Cc1cccc(N2CCN(C(=O)c3ccc(CNc4c(N5CCC(C)CC5)c(=O)c4=O)cc3)C[C@@H]2C)c1. The lowest BCUT2D eigenvalue weighted by Gasteiger charge is -2.41. The molecule has 37 heavy (non-hydrogen) atoms. The highest BCUT2D eigenvalue weighted by Gasteiger charge is 2.29. The monoisotopic (exact) mass is 500 g/mol. The normalized spacial score (nSPS) is 18.9. The number of nitrogens with one attached hydrogen (secondary N) is 1. The highest BCUT2D eigenvalue weighted by Crippen LogP contribution is 2.27. The minimum Gasteiger partial charge on any atom is -0.376 e. The average molecular weight is 501 g/mol. The second kappa shape index (κ2) is 10.4. The summed E-state index contributed by atoms with van der Waals surface area (Å²) in [6.45, 7) is 10.7. The van der Waals surface area contributed by atoms with Crippen molar-refractivity contribution in [3.63, 3.8) is 0 Å². The van der Waals surface area contributed by atoms with E-state index in [1.165, 1.54) is 11.3 Å². The standard InChI is InChI=1S/C30H36N4O3/c1-20-11-13-32(14-12-20)27-26(28(35)29(27)36)31-18-23-7-9-24(10-8-23)30(37)33-15-16-34(22(3)19-33)25-6-4-5-21(2)17-25/h4-10,17,20,22,31H,11-16,18-19H2,1-3H3/t22-/m0/s1. The van der Waals surface area contributed by atoms with E-state index in [9.17, 15) is 14.4 Å². The number of hydrogen-bond acceptors (Lipinski definition) is 6. The van der Waals surface area contributed by atoms with E-state index in [4.69, 9.17) is 0 Å². The molecule has 0 unspecified atom stereocenters. The number of anilines is 3. The Kier molecular flexibility index (Phi) is 7.04. The summed E-state index contributed by atoms with van der Waals surface area (Å²) < 4.78 is 0. The average Bonchev–Trinajstić information content (AvgIpc) is 2.91. The molecule has 1 amide bonds. The van der Waals surface area contributed by atoms with Crippen LogP contribution < -0.4 is 26.0 Å². The predicted molar refractivity (Wildman–Crippen MR) is 150 cm³/mol. The van der Waals surface area contributed by atoms with E-state index in [0.717, 1.165) is 38.0 Å². The molecule has 5 rings (SSSR count). The first-order chi connectivity index (χ1) is 17.8. The quantitative estimate of drug-likeness (QED) is 0.520. The lowest BCUT2D eigenvalue weighted by molar-refractivity contribution is 0.0726. The van der Waals surface area contributed by atoms with Crippen LogP contribution in [0, 0.1) is 12.8 Å². The van der Waals surface area contributed by atoms with Gasteiger partial charge in [-0.2, -0.15) is 0 Å². The van der Waals surface area contributed by atoms with E-state index >= 15 is 0 Å². The zero-order chi connectivity index (χ0) is 26.1. The highest BCUT2D eigenvalue weighted by molar-refractivity contribution is 5.94. The first-order valence-corrected chi connectivity index (χ1v) is 13.4. The van der Waals surface area contributed by atoms with Crippen LogP contribution in [0.1, 0.15) is 48.2 Å². The Bertz CT molecular complexity index is 1330. The third-order valence-electron chi connectivity index (χ3n) is 7.90. The molecular weight excluding hydrogens is 464 g/mol. The Morgan fingerprint density at radius 3 is 2.35 bits per heavy atom. The maximum Gasteiger partial charge on any atom is 0.253 e. The van der Waals surface area contributed by atoms with Crippen molar-refractivity contribution in [1.82, 2.24) is 4.90 Å². The number of aryl methyl sites for hydroxylation is 1. The van der Waals surface area contributed by atoms with Gasteiger partial charge >= 0.3 is 0 Å². The largest absolute Gasteiger partial charge is 0.376 e. The maximum atomic E-state index is 13.2. The molecule has 3 aromatic carbocycles. The van der Waals surface area contributed by atoms with Gasteiger partial charge in [0.05, 0.1) is 0 Å². The number of nitrogens with zero attached hydrogens (tertiary/aromatic N) is 3. The second-order valence-electron chi connectivity index (χ2n) is 10.7. The third-order valence-corrected chi connectivity index (χ3v) is 7.90. The zero-order valence-electron chi connectivity index (χ0n) is 22.0. The number of carbonyl (C=O) groups excluding carboxylic acids is 1. The van der Waals surface area contributed by atoms with Crippen LogP contribution in [-0.4, -0.2) is 49.6 Å². The molecule has 194 valence electrons. The molecule has 0 saturated carbocycles. The predicted octanol–water partition coefficient (Wildman–Crippen LogP) is 3.79. The van der Waals surface area contributed by atoms with Crippen LogP contribution in [-0.2, 0) is 6.54 Å². The van der Waals surface area contributed by atoms with Crippen molar-refractivity contribution in [3.05, 3.63) is 85.7 Å². The van der Waals surface area contributed by atoms with Crippen LogP contribution in [0.25, 0.3) is 0 Å². The molecule has 1 N–H and O–H groups in total. The van der Waals surface area contributed by atoms with Gasteiger partial charge in [-0.3, -0.25) is 14.4 Å². The van der Waals surface area contributed by atoms with E-state index in [-0.39, 0.29) is 17.4 Å². The molecule has 2 heterocycles. The first kappa shape index (κ1) is 25.1. The molecular formula is C30H36N4O3. The van der Waals surface area contributed by atoms with Gasteiger partial charge < -0.3 is 20.0 Å². The fourth-order valence-corrected chi connectivity index (χ4v) is 5.55. The van der Waals surface area contributed by atoms with Crippen molar-refractivity contribution in [2.75, 3.05) is 47.8 Å². The number of amides is 1. The van der Waals surface area contributed by atoms with E-state index in [2.05, 4.69) is 55.3 Å². The van der Waals surface area contributed by atoms with Crippen molar-refractivity contribution in [1.29, 1.82) is 0 Å². The van der Waals surface area contributed by atoms with Gasteiger partial charge in [0.2, 0.25) is 0 Å². The fraction of sp³-hybridized carbons (Fsp3) is 0.433. The summed E-state index contributed by atoms with van der Waals surface area (Å²) >= 11 is 0. The third kappa shape index (κ3) is 5.13. The molecule has 0 aliphatic carbocycles. The summed E-state index contributed by atoms with van der Waals surface area (Å²) in [5, 5.41) is 3.18. The Morgan fingerprint density at radius 2 is 1.68 bits per heavy atom. The van der Waals surface area contributed by atoms with E-state index in [1.54, 1.807) is 0 Å². The maximum absolute atomic E-state index is 13.2. The molecule has 7 heteroatoms. The lowest BCUT2D eigenvalue weighted by Crippen LogP contribution is -2.53. The molecule has 0 aromatic heterocycles. The van der Waals surface area contributed by atoms with Gasteiger partial charge in [0.15, 0.2) is 0 Å². The minimum absolute atomic E-state index is 0.0411. The van der Waals surface area contributed by atoms with Crippen molar-refractivity contribution in [2.45, 2.75) is 46.2 Å². The summed E-state index contributed by atoms with van der Waals surface area (Å²) in [6.07, 6.45) is 2.07. The summed E-state index contributed by atoms with van der Waals surface area (Å²) in [5.74, 6) is 0.694. The van der Waals surface area contributed by atoms with Gasteiger partial charge in [-0.05, 0) is 68.0 Å². The molecule has 0 spiro atoms. The van der Waals surface area contributed by atoms with Crippen molar-refractivity contribution in [3.8, 4) is 0 Å². The topological polar surface area (TPSA) is 73.0 Å². The molecule has 0 bridgehead atoms. The second-order valence-corrected chi connectivity index (χ2v) is 10.7. The summed E-state index contributed by atoms with van der Waals surface area (Å²) in [6, 6.07) is 16.3. The molecule has 2 aliphatic heterocycles. The van der Waals surface area contributed by atoms with Crippen LogP contribution in [0.3, 0.4) is 0 Å². The van der Waals surface area contributed by atoms with E-state index in [1.807, 2.05) is 34.1 Å². The van der Waals surface area contributed by atoms with Gasteiger partial charge in [-0.15, -0.1) is 0 Å². The fourth-order valence-electron chi connectivity index (χ4n) is 5.55. The van der Waals surface area contributed by atoms with Gasteiger partial charge in [0, 0.05) is 56.6 Å². The Balaban J connectivity index is 1.18. The molecule has 3 aromatic rings. The molecule has 1 atom stereocenters. The van der Waals surface area contributed by atoms with Crippen LogP contribution in [0.4, 0.5) is 17.1 Å². The summed E-state index contributed by atoms with van der Waals surface area (Å²) in [4.78, 5) is 44.0. The van der Waals surface area contributed by atoms with E-state index < -0.39 is 5.43 Å². The number of piperidine rings is 1. The molecule has 0 radical (unpaired) electrons. The van der Waals surface area contributed by atoms with Crippen LogP contribution in [0.15, 0.2) is 58.1 Å². The van der Waals surface area contributed by atoms with Gasteiger partial charge in [0.1, 0.15) is 11.4 Å². The zero-order valence-corrected chi connectivity index (χ0v) is 22.0. The molecule has 2 aliphatic rings. The van der Waals surface area contributed by atoms with Crippen molar-refractivity contribution < 1.29 is 4.79 Å². The molecule has 2 saturated heterocycles. The molecule has 7 nitrogen and oxygen atoms in total. The highest BCUT2D eigenvalue weighted by atomic mass is 16.2. The first-order valence-electron chi connectivity index (χ1n) is 13.4. The van der Waals surface area contributed by atoms with Gasteiger partial charge in [-0.25, -0.2) is 0 Å².